The third-order valence-corrected chi connectivity index (χ3v) is 14.9. The van der Waals surface area contributed by atoms with Crippen LogP contribution in [0.15, 0.2) is 66.9 Å². The molecule has 5 heterocycles. The Hall–Kier alpha value is -5.53. The number of para-hydroxylation sites is 1. The molecular formula is C47H55ClN9O7P. The van der Waals surface area contributed by atoms with Gasteiger partial charge in [-0.15, -0.1) is 0 Å². The summed E-state index contributed by atoms with van der Waals surface area (Å²) in [5.41, 5.74) is 4.62. The lowest BCUT2D eigenvalue weighted by molar-refractivity contribution is -0.136. The van der Waals surface area contributed by atoms with Crippen molar-refractivity contribution in [2.24, 2.45) is 0 Å². The second-order valence-electron chi connectivity index (χ2n) is 16.5. The lowest BCUT2D eigenvalue weighted by atomic mass is 10.0. The molecule has 0 radical (unpaired) electrons. The first-order valence-corrected chi connectivity index (χ1v) is 24.0. The minimum Gasteiger partial charge on any atom is -0.494 e. The molecular weight excluding hydrogens is 869 g/mol. The van der Waals surface area contributed by atoms with Gasteiger partial charge in [0, 0.05) is 102 Å². The maximum absolute atomic E-state index is 13.2. The van der Waals surface area contributed by atoms with Crippen molar-refractivity contribution >= 4 is 71.1 Å². The predicted molar refractivity (Wildman–Crippen MR) is 251 cm³/mol. The number of carbonyl (C=O) groups excluding carboxylic acids is 3. The zero-order valence-corrected chi connectivity index (χ0v) is 38.6. The SMILES string of the molecule is COc1cc(N2CCC(N3CCN(CCCCC#Cc4ccc5c(c4)CN(C4CCC(=O)NC4=O)C5=O)CC3)CC2)ccc1Nc1ncc(Cl)c(Nc2ccccc2P(=O)(OC)OC)n1. The molecule has 1 atom stereocenters. The molecule has 3 amide bonds. The number of ether oxygens (including phenoxy) is 1. The Kier molecular flexibility index (Phi) is 14.7. The number of anilines is 5. The molecule has 0 spiro atoms. The fourth-order valence-electron chi connectivity index (χ4n) is 9.04. The van der Waals surface area contributed by atoms with Crippen molar-refractivity contribution in [3.05, 3.63) is 88.6 Å². The summed E-state index contributed by atoms with van der Waals surface area (Å²) in [4.78, 5) is 55.2. The molecule has 342 valence electrons. The largest absolute Gasteiger partial charge is 0.494 e. The summed E-state index contributed by atoms with van der Waals surface area (Å²) in [5.74, 6) is 6.99. The molecule has 0 bridgehead atoms. The van der Waals surface area contributed by atoms with Gasteiger partial charge in [-0.05, 0) is 86.7 Å². The van der Waals surface area contributed by atoms with Gasteiger partial charge in [0.25, 0.3) is 5.91 Å². The predicted octanol–water partition coefficient (Wildman–Crippen LogP) is 6.31. The number of halogens is 1. The highest BCUT2D eigenvalue weighted by molar-refractivity contribution is 7.62. The number of benzene rings is 3. The van der Waals surface area contributed by atoms with Crippen LogP contribution in [0, 0.1) is 11.8 Å². The fraction of sp³-hybridized carbons (Fsp3) is 0.426. The molecule has 3 saturated heterocycles. The molecule has 4 aromatic rings. The highest BCUT2D eigenvalue weighted by Gasteiger charge is 2.39. The van der Waals surface area contributed by atoms with Crippen molar-refractivity contribution in [1.82, 2.24) is 30.0 Å². The number of hydrogen-bond donors (Lipinski definition) is 3. The van der Waals surface area contributed by atoms with E-state index in [1.807, 2.05) is 24.3 Å². The quantitative estimate of drug-likeness (QED) is 0.0525. The van der Waals surface area contributed by atoms with Gasteiger partial charge in [0.2, 0.25) is 17.8 Å². The van der Waals surface area contributed by atoms with Crippen molar-refractivity contribution < 1.29 is 32.7 Å². The van der Waals surface area contributed by atoms with Crippen LogP contribution in [0.25, 0.3) is 0 Å². The normalized spacial score (nSPS) is 18.5. The number of amides is 3. The first-order valence-electron chi connectivity index (χ1n) is 22.1. The Balaban J connectivity index is 0.759. The van der Waals surface area contributed by atoms with Crippen LogP contribution in [-0.4, -0.2) is 122 Å². The number of carbonyl (C=O) groups is 3. The van der Waals surface area contributed by atoms with Gasteiger partial charge >= 0.3 is 7.60 Å². The summed E-state index contributed by atoms with van der Waals surface area (Å²) in [6.45, 7) is 7.66. The molecule has 18 heteroatoms. The van der Waals surface area contributed by atoms with Gasteiger partial charge in [0.1, 0.15) is 16.8 Å². The lowest BCUT2D eigenvalue weighted by Crippen LogP contribution is -2.53. The van der Waals surface area contributed by atoms with Crippen molar-refractivity contribution in [2.75, 3.05) is 82.7 Å². The van der Waals surface area contributed by atoms with E-state index >= 15 is 0 Å². The van der Waals surface area contributed by atoms with Gasteiger partial charge in [-0.3, -0.25) is 29.2 Å². The highest BCUT2D eigenvalue weighted by Crippen LogP contribution is 2.47. The summed E-state index contributed by atoms with van der Waals surface area (Å²) in [5, 5.41) is 9.40. The molecule has 3 N–H and O–H groups in total. The van der Waals surface area contributed by atoms with Crippen molar-refractivity contribution in [1.29, 1.82) is 0 Å². The molecule has 3 fully saturated rings. The minimum absolute atomic E-state index is 0.168. The van der Waals surface area contributed by atoms with Gasteiger partial charge in [-0.1, -0.05) is 35.6 Å². The fourth-order valence-corrected chi connectivity index (χ4v) is 10.4. The van der Waals surface area contributed by atoms with E-state index in [9.17, 15) is 18.9 Å². The Morgan fingerprint density at radius 2 is 1.68 bits per heavy atom. The Morgan fingerprint density at radius 3 is 2.43 bits per heavy atom. The van der Waals surface area contributed by atoms with E-state index in [4.69, 9.17) is 25.4 Å². The molecule has 16 nitrogen and oxygen atoms in total. The number of nitrogens with zero attached hydrogens (tertiary/aromatic N) is 6. The summed E-state index contributed by atoms with van der Waals surface area (Å²) < 4.78 is 29.5. The third-order valence-electron chi connectivity index (χ3n) is 12.6. The van der Waals surface area contributed by atoms with E-state index in [2.05, 4.69) is 58.5 Å². The number of rotatable bonds is 15. The van der Waals surface area contributed by atoms with Gasteiger partial charge in [0.05, 0.1) is 30.0 Å². The molecule has 8 rings (SSSR count). The third kappa shape index (κ3) is 10.6. The van der Waals surface area contributed by atoms with Crippen LogP contribution in [0.3, 0.4) is 0 Å². The van der Waals surface area contributed by atoms with Crippen molar-refractivity contribution in [3.63, 3.8) is 0 Å². The maximum Gasteiger partial charge on any atom is 0.362 e. The van der Waals surface area contributed by atoms with Gasteiger partial charge < -0.3 is 39.1 Å². The van der Waals surface area contributed by atoms with Crippen LogP contribution in [0.2, 0.25) is 5.02 Å². The Bertz CT molecular complexity index is 2510. The number of hydrogen-bond acceptors (Lipinski definition) is 14. The van der Waals surface area contributed by atoms with E-state index in [0.717, 1.165) is 94.7 Å². The van der Waals surface area contributed by atoms with E-state index < -0.39 is 19.5 Å². The van der Waals surface area contributed by atoms with E-state index in [-0.39, 0.29) is 23.3 Å². The smallest absolute Gasteiger partial charge is 0.362 e. The minimum atomic E-state index is -3.56. The first-order chi connectivity index (χ1) is 31.5. The monoisotopic (exact) mass is 923 g/mol. The average molecular weight is 924 g/mol. The molecule has 0 saturated carbocycles. The number of aromatic nitrogens is 2. The summed E-state index contributed by atoms with van der Waals surface area (Å²) in [6, 6.07) is 18.6. The van der Waals surface area contributed by atoms with E-state index in [1.165, 1.54) is 20.4 Å². The standard InChI is InChI=1S/C47H55ClN9O7P/c1-62-41-29-35(14-16-38(41)51-47-49-30-37(48)44(53-47)50-39-11-7-8-12-42(39)65(61,63-2)64-3)55-22-19-34(20-23-55)56-26-24-54(25-27-56)21-9-5-4-6-10-32-13-15-36-33(28-32)31-57(46(36)60)40-17-18-43(58)52-45(40)59/h7-8,11-16,28-30,34,40H,4-5,9,17-27,31H2,1-3H3,(H,52,58,59)(H2,49,50,51,53). The maximum atomic E-state index is 13.2. The number of piperidine rings is 2. The molecule has 0 aliphatic carbocycles. The number of nitrogens with one attached hydrogen (secondary N) is 3. The molecule has 65 heavy (non-hydrogen) atoms. The first kappa shape index (κ1) is 46.0. The Labute approximate surface area is 384 Å². The number of imide groups is 1. The van der Waals surface area contributed by atoms with E-state index in [1.54, 1.807) is 42.3 Å². The number of methoxy groups -OCH3 is 1. The molecule has 1 aromatic heterocycles. The number of fused-ring (bicyclic) bond motifs is 1. The average Bonchev–Trinajstić information content (AvgIpc) is 3.65. The topological polar surface area (TPSA) is 171 Å². The second kappa shape index (κ2) is 20.8. The van der Waals surface area contributed by atoms with Gasteiger partial charge in [0.15, 0.2) is 5.82 Å². The van der Waals surface area contributed by atoms with Crippen LogP contribution in [0.1, 0.15) is 66.4 Å². The zero-order chi connectivity index (χ0) is 45.5. The zero-order valence-electron chi connectivity index (χ0n) is 37.0. The molecule has 4 aliphatic rings. The highest BCUT2D eigenvalue weighted by atomic mass is 35.5. The van der Waals surface area contributed by atoms with Crippen molar-refractivity contribution in [3.8, 4) is 17.6 Å². The van der Waals surface area contributed by atoms with Gasteiger partial charge in [-0.2, -0.15) is 4.98 Å². The lowest BCUT2D eigenvalue weighted by Gasteiger charge is -2.43. The molecule has 3 aromatic carbocycles. The number of piperazine rings is 1. The summed E-state index contributed by atoms with van der Waals surface area (Å²) in [7, 11) is 0.759. The second-order valence-corrected chi connectivity index (χ2v) is 19.1. The molecule has 1 unspecified atom stereocenters. The summed E-state index contributed by atoms with van der Waals surface area (Å²) in [6.07, 6.45) is 7.22. The van der Waals surface area contributed by atoms with Crippen LogP contribution in [0.4, 0.5) is 28.8 Å². The summed E-state index contributed by atoms with van der Waals surface area (Å²) >= 11 is 6.49. The van der Waals surface area contributed by atoms with Crippen LogP contribution >= 0.6 is 19.2 Å². The molecule has 4 aliphatic heterocycles. The van der Waals surface area contributed by atoms with Crippen LogP contribution in [-0.2, 0) is 29.7 Å². The van der Waals surface area contributed by atoms with Gasteiger partial charge in [-0.25, -0.2) is 4.98 Å². The number of unbranched alkanes of at least 4 members (excludes halogenated alkanes) is 2. The van der Waals surface area contributed by atoms with Crippen LogP contribution in [0.5, 0.6) is 5.75 Å². The Morgan fingerprint density at radius 1 is 0.892 bits per heavy atom. The van der Waals surface area contributed by atoms with Crippen molar-refractivity contribution in [2.45, 2.75) is 63.6 Å². The van der Waals surface area contributed by atoms with E-state index in [0.29, 0.717) is 58.8 Å². The van der Waals surface area contributed by atoms with Crippen LogP contribution < -0.4 is 30.9 Å².